The number of fused-ring (bicyclic) bond motifs is 3. The number of amides is 1. The molecule has 0 aliphatic carbocycles. The molecule has 0 radical (unpaired) electrons. The van der Waals surface area contributed by atoms with Gasteiger partial charge >= 0.3 is 11.4 Å². The fraction of sp³-hybridized carbons (Fsp3) is 0.0400. The first-order valence-electron chi connectivity index (χ1n) is 31.5. The summed E-state index contributed by atoms with van der Waals surface area (Å²) < 4.78 is 8.89. The predicted molar refractivity (Wildman–Crippen MR) is 381 cm³/mol. The molecule has 0 saturated heterocycles. The smallest absolute Gasteiger partial charge is 0.304 e. The Morgan fingerprint density at radius 1 is 0.410 bits per heavy atom. The first kappa shape index (κ1) is 61.0. The number of carbonyl (C=O) groups is 1. The maximum Gasteiger partial charge on any atom is 0.332 e. The highest BCUT2D eigenvalue weighted by molar-refractivity contribution is 7.13. The fourth-order valence-corrected chi connectivity index (χ4v) is 12.2. The highest BCUT2D eigenvalue weighted by Gasteiger charge is 2.30. The summed E-state index contributed by atoms with van der Waals surface area (Å²) in [6, 6.07) is 57.2. The summed E-state index contributed by atoms with van der Waals surface area (Å²) in [6.45, 7) is 3.92. The molecular weight excluding hydrogens is 1280 g/mol. The first-order chi connectivity index (χ1) is 49.1. The first-order valence-corrected chi connectivity index (χ1v) is 32.4. The summed E-state index contributed by atoms with van der Waals surface area (Å²) in [5.41, 5.74) is 15.4. The Kier molecular flexibility index (Phi) is 16.1. The van der Waals surface area contributed by atoms with E-state index in [1.165, 1.54) is 0 Å². The van der Waals surface area contributed by atoms with Crippen LogP contribution in [-0.4, -0.2) is 104 Å². The van der Waals surface area contributed by atoms with Crippen molar-refractivity contribution in [2.45, 2.75) is 20.3 Å². The van der Waals surface area contributed by atoms with Gasteiger partial charge < -0.3 is 9.97 Å². The average molecular weight is 1330 g/mol. The van der Waals surface area contributed by atoms with Crippen LogP contribution in [0.1, 0.15) is 17.0 Å². The second kappa shape index (κ2) is 26.3. The van der Waals surface area contributed by atoms with Crippen molar-refractivity contribution in [1.82, 2.24) is 97.8 Å². The number of anilines is 2. The summed E-state index contributed by atoms with van der Waals surface area (Å²) >= 11 is 1.55. The molecule has 0 unspecified atom stereocenters. The number of nitrogens with zero attached hydrogens (tertiary/aromatic N) is 19. The van der Waals surface area contributed by atoms with Crippen LogP contribution in [-0.2, 0) is 11.2 Å². The molecule has 1 amide bonds. The van der Waals surface area contributed by atoms with Gasteiger partial charge in [-0.25, -0.2) is 58.3 Å². The van der Waals surface area contributed by atoms with Crippen LogP contribution in [0.15, 0.2) is 271 Å². The molecule has 0 saturated carbocycles. The van der Waals surface area contributed by atoms with Crippen LogP contribution < -0.4 is 16.3 Å². The van der Waals surface area contributed by atoms with Crippen molar-refractivity contribution >= 4 is 51.1 Å². The van der Waals surface area contributed by atoms with E-state index in [4.69, 9.17) is 20.1 Å². The normalized spacial score (nSPS) is 11.7. The molecule has 100 heavy (non-hydrogen) atoms. The molecule has 482 valence electrons. The highest BCUT2D eigenvalue weighted by Crippen LogP contribution is 2.36. The van der Waals surface area contributed by atoms with Crippen LogP contribution in [0, 0.1) is 13.8 Å². The maximum atomic E-state index is 12.6. The van der Waals surface area contributed by atoms with Gasteiger partial charge in [0, 0.05) is 101 Å². The maximum absolute atomic E-state index is 12.6. The van der Waals surface area contributed by atoms with Gasteiger partial charge in [-0.2, -0.15) is 0 Å². The zero-order valence-electron chi connectivity index (χ0n) is 53.2. The molecule has 14 aromatic heterocycles. The van der Waals surface area contributed by atoms with Crippen molar-refractivity contribution < 1.29 is 4.79 Å². The van der Waals surface area contributed by atoms with Gasteiger partial charge in [0.05, 0.1) is 69.7 Å². The number of pyridine rings is 8. The largest absolute Gasteiger partial charge is 0.332 e. The van der Waals surface area contributed by atoms with E-state index in [9.17, 15) is 14.4 Å². The summed E-state index contributed by atoms with van der Waals surface area (Å²) in [7, 11) is 0. The van der Waals surface area contributed by atoms with E-state index in [2.05, 4.69) is 54.8 Å². The molecule has 18 rings (SSSR count). The number of aromatic nitrogens is 20. The molecule has 15 heterocycles. The third-order valence-electron chi connectivity index (χ3n) is 16.4. The van der Waals surface area contributed by atoms with Crippen LogP contribution in [0.5, 0.6) is 0 Å². The second-order valence-electron chi connectivity index (χ2n) is 22.9. The van der Waals surface area contributed by atoms with Crippen molar-refractivity contribution in [1.29, 1.82) is 0 Å². The Morgan fingerprint density at radius 2 is 0.950 bits per heavy atom. The van der Waals surface area contributed by atoms with Gasteiger partial charge in [-0.05, 0) is 178 Å². The third-order valence-corrected chi connectivity index (χ3v) is 17.2. The monoisotopic (exact) mass is 1330 g/mol. The Bertz CT molecular complexity index is 5890. The van der Waals surface area contributed by atoms with E-state index in [1.807, 2.05) is 223 Å². The molecule has 0 bridgehead atoms. The van der Waals surface area contributed by atoms with Crippen LogP contribution in [0.2, 0.25) is 0 Å². The predicted octanol–water partition coefficient (Wildman–Crippen LogP) is 12.7. The Hall–Kier alpha value is -13.9. The number of hydrogen-bond acceptors (Lipinski definition) is 17. The lowest BCUT2D eigenvalue weighted by Gasteiger charge is -2.17. The van der Waals surface area contributed by atoms with E-state index in [-0.39, 0.29) is 17.3 Å². The van der Waals surface area contributed by atoms with Crippen molar-refractivity contribution in [2.75, 3.05) is 4.90 Å². The van der Waals surface area contributed by atoms with Crippen LogP contribution >= 0.6 is 11.3 Å². The van der Waals surface area contributed by atoms with Crippen LogP contribution in [0.3, 0.4) is 0 Å². The molecule has 0 spiro atoms. The summed E-state index contributed by atoms with van der Waals surface area (Å²) in [4.78, 5) is 99.1. The van der Waals surface area contributed by atoms with Gasteiger partial charge in [0.2, 0.25) is 11.7 Å². The molecule has 3 aromatic carbocycles. The molecule has 1 aliphatic heterocycles. The van der Waals surface area contributed by atoms with Crippen LogP contribution in [0.4, 0.5) is 11.5 Å². The Labute approximate surface area is 571 Å². The second-order valence-corrected chi connectivity index (χ2v) is 23.8. The Balaban J connectivity index is 0.000000117. The molecule has 17 aromatic rings. The minimum atomic E-state index is -0.245. The minimum absolute atomic E-state index is 0.0229. The number of nitrogens with one attached hydrogen (secondary N) is 2. The number of benzene rings is 3. The minimum Gasteiger partial charge on any atom is -0.304 e. The van der Waals surface area contributed by atoms with Crippen LogP contribution in [0.25, 0.3) is 119 Å². The summed E-state index contributed by atoms with van der Waals surface area (Å²) in [5, 5.41) is 7.51. The zero-order valence-corrected chi connectivity index (χ0v) is 54.0. The van der Waals surface area contributed by atoms with Gasteiger partial charge in [0.25, 0.3) is 0 Å². The van der Waals surface area contributed by atoms with E-state index >= 15 is 0 Å². The van der Waals surface area contributed by atoms with Gasteiger partial charge in [0.15, 0.2) is 17.1 Å². The number of aryl methyl sites for hydroxylation is 2. The van der Waals surface area contributed by atoms with Crippen molar-refractivity contribution in [3.63, 3.8) is 0 Å². The van der Waals surface area contributed by atoms with Gasteiger partial charge in [0.1, 0.15) is 39.6 Å². The van der Waals surface area contributed by atoms with E-state index in [1.54, 1.807) is 91.8 Å². The van der Waals surface area contributed by atoms with Crippen molar-refractivity contribution in [3.05, 3.63) is 300 Å². The number of H-pyrrole nitrogens is 2. The molecule has 0 fully saturated rings. The third kappa shape index (κ3) is 12.0. The zero-order chi connectivity index (χ0) is 67.6. The lowest BCUT2D eigenvalue weighted by Crippen LogP contribution is -2.21. The topological polar surface area (TPSA) is 278 Å². The number of imidazole rings is 4. The molecule has 1 aliphatic rings. The van der Waals surface area contributed by atoms with E-state index in [0.29, 0.717) is 57.6 Å². The van der Waals surface area contributed by atoms with Gasteiger partial charge in [-0.1, -0.05) is 18.2 Å². The van der Waals surface area contributed by atoms with Crippen molar-refractivity contribution in [3.8, 4) is 96.2 Å². The summed E-state index contributed by atoms with van der Waals surface area (Å²) in [5.74, 6) is 3.41. The SMILES string of the molecule is Cc1ccc(-n2cc(-c3ccccn3)nc2-c2ccc(-n3c(=O)[nH]c4cccnc43)cc2)cn1.Cc1ccc(-n2cc(-c3nccs3)nc2-c2ccc(N3C(=O)Cc4cccnc43)cc2)cn1.O=c1[nH]c2cccnc2n1-c1ccc(-n2nc(-c3ccccn3)nc2-c2cccnc2)cc1. The lowest BCUT2D eigenvalue weighted by molar-refractivity contribution is -0.116. The van der Waals surface area contributed by atoms with Gasteiger partial charge in [-0.3, -0.25) is 43.7 Å². The molecule has 0 atom stereocenters. The highest BCUT2D eigenvalue weighted by atomic mass is 32.1. The number of aromatic amines is 2. The standard InChI is InChI=1S/C26H19N7O.C25H18N6OS.C24H16N8O/c1-17-7-10-20(15-29-17)32-16-23(21-5-2-3-13-27-21)30-24(32)18-8-11-19(12-9-18)33-25-22(31-26(33)34)6-4-14-28-25;1-16-4-7-20(14-28-16)30-15-21(25-27-11-12-33-25)29-24(30)17-5-8-19(9-6-17)31-22(32)13-18-3-2-10-26-23(18)31;33-24-28-20-7-4-14-27-23(20)31(24)17-8-10-18(11-9-17)32-22(16-5-3-12-25-15-16)29-21(30-32)19-6-1-2-13-26-19/h2-16H,1H3,(H,31,34);2-12,14-15H,13H2,1H3;1-15H,(H,28,33). The average Bonchev–Trinajstić information content (AvgIpc) is 1.73. The molecule has 2 N–H and O–H groups in total. The molecule has 25 heteroatoms. The number of rotatable bonds is 12. The van der Waals surface area contributed by atoms with Crippen molar-refractivity contribution in [2.24, 2.45) is 0 Å². The number of carbonyl (C=O) groups excluding carboxylic acids is 1. The lowest BCUT2D eigenvalue weighted by atomic mass is 10.1. The quantitative estimate of drug-likeness (QED) is 0.115. The Morgan fingerprint density at radius 3 is 1.52 bits per heavy atom. The number of thiazole rings is 1. The van der Waals surface area contributed by atoms with E-state index in [0.717, 1.165) is 95.8 Å². The summed E-state index contributed by atoms with van der Waals surface area (Å²) in [6.07, 6.45) is 21.7. The molecular formula is C75H53N21O3S. The van der Waals surface area contributed by atoms with E-state index < -0.39 is 0 Å². The number of hydrogen-bond donors (Lipinski definition) is 2. The fourth-order valence-electron chi connectivity index (χ4n) is 11.7. The molecule has 24 nitrogen and oxygen atoms in total. The van der Waals surface area contributed by atoms with Gasteiger partial charge in [-0.15, -0.1) is 16.4 Å².